The Balaban J connectivity index is 0.00000243. The molecule has 0 radical (unpaired) electrons. The zero-order chi connectivity index (χ0) is 17.8. The highest BCUT2D eigenvalue weighted by atomic mass is 127. The molecule has 1 aromatic carbocycles. The zero-order valence-corrected chi connectivity index (χ0v) is 17.9. The van der Waals surface area contributed by atoms with Crippen molar-refractivity contribution >= 4 is 29.9 Å². The van der Waals surface area contributed by atoms with Crippen molar-refractivity contribution in [2.24, 2.45) is 12.0 Å². The zero-order valence-electron chi connectivity index (χ0n) is 15.5. The minimum atomic E-state index is 0. The summed E-state index contributed by atoms with van der Waals surface area (Å²) in [6, 6.07) is 4.12. The summed E-state index contributed by atoms with van der Waals surface area (Å²) < 4.78 is 12.7. The summed E-state index contributed by atoms with van der Waals surface area (Å²) in [5, 5.41) is 11.3. The van der Waals surface area contributed by atoms with Crippen LogP contribution < -0.4 is 14.8 Å². The number of fused-ring (bicyclic) bond motifs is 1. The molecule has 8 nitrogen and oxygen atoms in total. The molecule has 2 heterocycles. The number of methoxy groups -OCH3 is 2. The van der Waals surface area contributed by atoms with Crippen LogP contribution in [0.5, 0.6) is 11.5 Å². The second-order valence-corrected chi connectivity index (χ2v) is 5.91. The van der Waals surface area contributed by atoms with Crippen LogP contribution in [0.2, 0.25) is 0 Å². The summed E-state index contributed by atoms with van der Waals surface area (Å²) in [6.45, 7) is 2.24. The van der Waals surface area contributed by atoms with Gasteiger partial charge in [-0.3, -0.25) is 4.99 Å². The van der Waals surface area contributed by atoms with Crippen molar-refractivity contribution in [1.29, 1.82) is 0 Å². The topological polar surface area (TPSA) is 76.8 Å². The number of aromatic nitrogens is 3. The van der Waals surface area contributed by atoms with Gasteiger partial charge in [-0.05, 0) is 29.7 Å². The fourth-order valence-electron chi connectivity index (χ4n) is 3.02. The first-order chi connectivity index (χ1) is 12.2. The molecule has 142 valence electrons. The Morgan fingerprint density at radius 1 is 1.23 bits per heavy atom. The van der Waals surface area contributed by atoms with Crippen molar-refractivity contribution in [3.63, 3.8) is 0 Å². The Kier molecular flexibility index (Phi) is 7.06. The van der Waals surface area contributed by atoms with Gasteiger partial charge in [-0.1, -0.05) is 0 Å². The highest BCUT2D eigenvalue weighted by Crippen LogP contribution is 2.33. The molecule has 2 aromatic rings. The molecule has 1 aliphatic heterocycles. The number of hydrogen-bond donors (Lipinski definition) is 1. The highest BCUT2D eigenvalue weighted by Gasteiger charge is 2.21. The molecule has 1 N–H and O–H groups in total. The normalized spacial score (nSPS) is 13.7. The molecule has 0 atom stereocenters. The van der Waals surface area contributed by atoms with Gasteiger partial charge in [-0.15, -0.1) is 34.2 Å². The fourth-order valence-corrected chi connectivity index (χ4v) is 3.02. The van der Waals surface area contributed by atoms with Crippen LogP contribution in [0, 0.1) is 0 Å². The number of guanidine groups is 1. The van der Waals surface area contributed by atoms with E-state index in [1.54, 1.807) is 27.6 Å². The lowest BCUT2D eigenvalue weighted by Crippen LogP contribution is -2.44. The van der Waals surface area contributed by atoms with E-state index in [0.717, 1.165) is 42.8 Å². The van der Waals surface area contributed by atoms with Gasteiger partial charge in [-0.2, -0.15) is 0 Å². The van der Waals surface area contributed by atoms with Gasteiger partial charge in [0.1, 0.15) is 6.33 Å². The smallest absolute Gasteiger partial charge is 0.194 e. The van der Waals surface area contributed by atoms with Crippen molar-refractivity contribution < 1.29 is 9.47 Å². The van der Waals surface area contributed by atoms with Crippen LogP contribution in [-0.4, -0.2) is 53.4 Å². The average molecular weight is 472 g/mol. The molecule has 26 heavy (non-hydrogen) atoms. The lowest BCUT2D eigenvalue weighted by Gasteiger charge is -2.32. The van der Waals surface area contributed by atoms with E-state index < -0.39 is 0 Å². The summed E-state index contributed by atoms with van der Waals surface area (Å²) in [7, 11) is 7.05. The SMILES string of the molecule is CN=C(NCc1nncn1C)N1CCc2cc(OC)c(OC)cc2C1.I. The molecule has 1 aromatic heterocycles. The average Bonchev–Trinajstić information content (AvgIpc) is 3.05. The maximum Gasteiger partial charge on any atom is 0.194 e. The van der Waals surface area contributed by atoms with E-state index in [1.807, 2.05) is 11.6 Å². The predicted molar refractivity (Wildman–Crippen MR) is 110 cm³/mol. The number of nitrogens with zero attached hydrogens (tertiary/aromatic N) is 5. The third-order valence-corrected chi connectivity index (χ3v) is 4.44. The van der Waals surface area contributed by atoms with Gasteiger partial charge in [0.2, 0.25) is 0 Å². The maximum atomic E-state index is 5.43. The lowest BCUT2D eigenvalue weighted by molar-refractivity contribution is 0.345. The summed E-state index contributed by atoms with van der Waals surface area (Å²) in [5.41, 5.74) is 2.52. The molecular weight excluding hydrogens is 447 g/mol. The molecule has 0 unspecified atom stereocenters. The van der Waals surface area contributed by atoms with Gasteiger partial charge < -0.3 is 24.3 Å². The van der Waals surface area contributed by atoms with E-state index >= 15 is 0 Å². The van der Waals surface area contributed by atoms with E-state index in [1.165, 1.54) is 11.1 Å². The standard InChI is InChI=1S/C17H24N6O2.HI/c1-18-17(19-9-16-21-20-11-22(16)2)23-6-5-12-7-14(24-3)15(25-4)8-13(12)10-23;/h7-8,11H,5-6,9-10H2,1-4H3,(H,18,19);1H. The summed E-state index contributed by atoms with van der Waals surface area (Å²) in [5.74, 6) is 3.25. The first-order valence-corrected chi connectivity index (χ1v) is 8.18. The first kappa shape index (κ1) is 20.3. The third-order valence-electron chi connectivity index (χ3n) is 4.44. The maximum absolute atomic E-state index is 5.43. The van der Waals surface area contributed by atoms with Crippen molar-refractivity contribution in [3.8, 4) is 11.5 Å². The second-order valence-electron chi connectivity index (χ2n) is 5.91. The summed E-state index contributed by atoms with van der Waals surface area (Å²) in [6.07, 6.45) is 2.62. The highest BCUT2D eigenvalue weighted by molar-refractivity contribution is 14.0. The molecule has 0 spiro atoms. The number of aryl methyl sites for hydroxylation is 1. The Morgan fingerprint density at radius 3 is 2.50 bits per heavy atom. The molecule has 0 saturated heterocycles. The van der Waals surface area contributed by atoms with Crippen LogP contribution in [0.25, 0.3) is 0 Å². The summed E-state index contributed by atoms with van der Waals surface area (Å²) in [4.78, 5) is 6.63. The van der Waals surface area contributed by atoms with Crippen molar-refractivity contribution in [3.05, 3.63) is 35.4 Å². The van der Waals surface area contributed by atoms with Gasteiger partial charge in [0.25, 0.3) is 0 Å². The number of ether oxygens (including phenoxy) is 2. The minimum Gasteiger partial charge on any atom is -0.493 e. The predicted octanol–water partition coefficient (Wildman–Crippen LogP) is 1.58. The van der Waals surface area contributed by atoms with Crippen LogP contribution in [0.1, 0.15) is 17.0 Å². The molecule has 9 heteroatoms. The number of halogens is 1. The largest absolute Gasteiger partial charge is 0.493 e. The Bertz CT molecular complexity index is 777. The van der Waals surface area contributed by atoms with Gasteiger partial charge >= 0.3 is 0 Å². The van der Waals surface area contributed by atoms with Gasteiger partial charge in [0.05, 0.1) is 20.8 Å². The van der Waals surface area contributed by atoms with Crippen LogP contribution in [-0.2, 0) is 26.6 Å². The van der Waals surface area contributed by atoms with Crippen LogP contribution in [0.15, 0.2) is 23.5 Å². The van der Waals surface area contributed by atoms with Crippen molar-refractivity contribution in [2.45, 2.75) is 19.5 Å². The first-order valence-electron chi connectivity index (χ1n) is 8.18. The number of rotatable bonds is 4. The van der Waals surface area contributed by atoms with Crippen LogP contribution in [0.4, 0.5) is 0 Å². The summed E-state index contributed by atoms with van der Waals surface area (Å²) >= 11 is 0. The van der Waals surface area contributed by atoms with Crippen molar-refractivity contribution in [2.75, 3.05) is 27.8 Å². The quantitative estimate of drug-likeness (QED) is 0.414. The molecule has 0 fully saturated rings. The molecule has 0 saturated carbocycles. The van der Waals surface area contributed by atoms with Gasteiger partial charge in [-0.25, -0.2) is 0 Å². The number of nitrogens with one attached hydrogen (secondary N) is 1. The van der Waals surface area contributed by atoms with Crippen LogP contribution >= 0.6 is 24.0 Å². The molecule has 0 aliphatic carbocycles. The lowest BCUT2D eigenvalue weighted by atomic mass is 9.99. The van der Waals surface area contributed by atoms with Gasteiger partial charge in [0, 0.05) is 27.2 Å². The molecule has 0 bridgehead atoms. The van der Waals surface area contributed by atoms with E-state index in [0.29, 0.717) is 6.54 Å². The fraction of sp³-hybridized carbons (Fsp3) is 0.471. The number of benzene rings is 1. The Hall–Kier alpha value is -2.04. The van der Waals surface area contributed by atoms with Gasteiger partial charge in [0.15, 0.2) is 23.3 Å². The number of aliphatic imine (C=N–C) groups is 1. The monoisotopic (exact) mass is 472 g/mol. The second kappa shape index (κ2) is 9.06. The Morgan fingerprint density at radius 2 is 1.92 bits per heavy atom. The Labute approximate surface area is 170 Å². The molecule has 0 amide bonds. The molecule has 1 aliphatic rings. The van der Waals surface area contributed by atoms with Crippen LogP contribution in [0.3, 0.4) is 0 Å². The number of hydrogen-bond acceptors (Lipinski definition) is 5. The van der Waals surface area contributed by atoms with E-state index in [2.05, 4.69) is 37.5 Å². The molecule has 3 rings (SSSR count). The minimum absolute atomic E-state index is 0. The molecular formula is C17H25IN6O2. The van der Waals surface area contributed by atoms with E-state index in [4.69, 9.17) is 9.47 Å². The van der Waals surface area contributed by atoms with Crippen molar-refractivity contribution in [1.82, 2.24) is 25.0 Å². The van der Waals surface area contributed by atoms with E-state index in [-0.39, 0.29) is 24.0 Å². The van der Waals surface area contributed by atoms with E-state index in [9.17, 15) is 0 Å². The third kappa shape index (κ3) is 4.19.